The zero-order valence-corrected chi connectivity index (χ0v) is 10.5. The third kappa shape index (κ3) is 1.40. The summed E-state index contributed by atoms with van der Waals surface area (Å²) in [5.41, 5.74) is 2.85. The highest BCUT2D eigenvalue weighted by Crippen LogP contribution is 2.40. The van der Waals surface area contributed by atoms with Crippen molar-refractivity contribution in [1.82, 2.24) is 0 Å². The van der Waals surface area contributed by atoms with Crippen molar-refractivity contribution in [2.24, 2.45) is 0 Å². The van der Waals surface area contributed by atoms with Gasteiger partial charge in [-0.3, -0.25) is 0 Å². The van der Waals surface area contributed by atoms with E-state index in [0.717, 1.165) is 12.8 Å². The Bertz CT molecular complexity index is 509. The third-order valence-corrected chi connectivity index (χ3v) is 4.51. The van der Waals surface area contributed by atoms with E-state index >= 15 is 0 Å². The highest BCUT2D eigenvalue weighted by Gasteiger charge is 2.44. The number of rotatable bonds is 1. The van der Waals surface area contributed by atoms with Crippen LogP contribution in [0.5, 0.6) is 0 Å². The van der Waals surface area contributed by atoms with Crippen LogP contribution in [-0.4, -0.2) is 0 Å². The number of fused-ring (bicyclic) bond motifs is 1. The van der Waals surface area contributed by atoms with E-state index in [1.165, 1.54) is 11.1 Å². The molecule has 1 unspecified atom stereocenters. The number of hydrogen-bond donors (Lipinski definition) is 0. The summed E-state index contributed by atoms with van der Waals surface area (Å²) in [4.78, 5) is 0. The minimum atomic E-state index is -0.0507. The summed E-state index contributed by atoms with van der Waals surface area (Å²) >= 11 is 3.92. The molecular formula is C14H13BrN+. The molecule has 1 aromatic carbocycles. The highest BCUT2D eigenvalue weighted by molar-refractivity contribution is 9.09. The lowest BCUT2D eigenvalue weighted by atomic mass is 10.1. The van der Waals surface area contributed by atoms with Gasteiger partial charge in [0.05, 0.1) is 0 Å². The first-order valence-corrected chi connectivity index (χ1v) is 6.34. The van der Waals surface area contributed by atoms with Gasteiger partial charge in [-0.05, 0) is 12.0 Å². The molecule has 2 heteroatoms. The van der Waals surface area contributed by atoms with Gasteiger partial charge in [0.1, 0.15) is 0 Å². The van der Waals surface area contributed by atoms with E-state index in [2.05, 4.69) is 69.3 Å². The molecule has 1 aliphatic carbocycles. The molecule has 0 aliphatic heterocycles. The van der Waals surface area contributed by atoms with Gasteiger partial charge in [-0.2, -0.15) is 4.57 Å². The first kappa shape index (κ1) is 10.0. The second-order valence-electron chi connectivity index (χ2n) is 4.20. The van der Waals surface area contributed by atoms with E-state index in [4.69, 9.17) is 0 Å². The monoisotopic (exact) mass is 274 g/mol. The van der Waals surface area contributed by atoms with Crippen LogP contribution in [0.3, 0.4) is 0 Å². The normalized spacial score (nSPS) is 23.1. The number of hydrogen-bond acceptors (Lipinski definition) is 0. The van der Waals surface area contributed by atoms with Crippen molar-refractivity contribution >= 4 is 15.9 Å². The second-order valence-corrected chi connectivity index (χ2v) is 5.51. The van der Waals surface area contributed by atoms with Gasteiger partial charge in [-0.1, -0.05) is 30.3 Å². The molecule has 1 heterocycles. The van der Waals surface area contributed by atoms with Crippen molar-refractivity contribution in [3.8, 4) is 0 Å². The van der Waals surface area contributed by atoms with Crippen molar-refractivity contribution in [3.05, 3.63) is 66.0 Å². The standard InChI is InChI=1S/C14H13BrN/c15-14(16-10-4-1-5-11-16)9-8-12-6-2-3-7-13(12)14/h1-7,10-11H,8-9H2/q+1. The Morgan fingerprint density at radius 1 is 1.00 bits per heavy atom. The van der Waals surface area contributed by atoms with Gasteiger partial charge in [0.15, 0.2) is 12.4 Å². The Labute approximate surface area is 104 Å². The number of halogens is 1. The molecule has 2 aromatic rings. The first-order chi connectivity index (χ1) is 7.81. The number of alkyl halides is 1. The molecule has 80 valence electrons. The molecule has 0 saturated heterocycles. The summed E-state index contributed by atoms with van der Waals surface area (Å²) in [6, 6.07) is 14.9. The van der Waals surface area contributed by atoms with E-state index in [9.17, 15) is 0 Å². The van der Waals surface area contributed by atoms with Crippen LogP contribution < -0.4 is 4.57 Å². The Morgan fingerprint density at radius 2 is 1.75 bits per heavy atom. The highest BCUT2D eigenvalue weighted by atomic mass is 79.9. The van der Waals surface area contributed by atoms with Gasteiger partial charge >= 0.3 is 0 Å². The fourth-order valence-corrected chi connectivity index (χ4v) is 3.27. The molecular weight excluding hydrogens is 262 g/mol. The predicted octanol–water partition coefficient (Wildman–Crippen LogP) is 3.02. The molecule has 0 spiro atoms. The fourth-order valence-electron chi connectivity index (χ4n) is 2.45. The van der Waals surface area contributed by atoms with E-state index in [-0.39, 0.29) is 4.45 Å². The van der Waals surface area contributed by atoms with E-state index < -0.39 is 0 Å². The molecule has 1 aromatic heterocycles. The van der Waals surface area contributed by atoms with Crippen LogP contribution in [0.25, 0.3) is 0 Å². The topological polar surface area (TPSA) is 3.88 Å². The Kier molecular flexibility index (Phi) is 2.32. The molecule has 3 rings (SSSR count). The van der Waals surface area contributed by atoms with Crippen molar-refractivity contribution in [2.45, 2.75) is 17.3 Å². The molecule has 0 amide bonds. The van der Waals surface area contributed by atoms with Crippen LogP contribution in [-0.2, 0) is 10.9 Å². The molecule has 0 fully saturated rings. The summed E-state index contributed by atoms with van der Waals surface area (Å²) in [5.74, 6) is 0. The summed E-state index contributed by atoms with van der Waals surface area (Å²) in [6.45, 7) is 0. The van der Waals surface area contributed by atoms with Gasteiger partial charge in [-0.15, -0.1) is 0 Å². The molecule has 0 radical (unpaired) electrons. The van der Waals surface area contributed by atoms with Crippen LogP contribution in [0.15, 0.2) is 54.9 Å². The zero-order chi connectivity index (χ0) is 11.0. The Balaban J connectivity index is 2.15. The van der Waals surface area contributed by atoms with Crippen LogP contribution >= 0.6 is 15.9 Å². The number of aromatic nitrogens is 1. The van der Waals surface area contributed by atoms with E-state index in [1.807, 2.05) is 6.07 Å². The van der Waals surface area contributed by atoms with Crippen LogP contribution in [0.1, 0.15) is 17.5 Å². The Morgan fingerprint density at radius 3 is 2.56 bits per heavy atom. The van der Waals surface area contributed by atoms with Gasteiger partial charge in [0, 0.05) is 40.0 Å². The molecule has 1 nitrogen and oxygen atoms in total. The first-order valence-electron chi connectivity index (χ1n) is 5.55. The maximum Gasteiger partial charge on any atom is 0.247 e. The van der Waals surface area contributed by atoms with E-state index in [0.29, 0.717) is 0 Å². The molecule has 0 N–H and O–H groups in total. The van der Waals surface area contributed by atoms with Crippen LogP contribution in [0.4, 0.5) is 0 Å². The zero-order valence-electron chi connectivity index (χ0n) is 8.94. The number of aryl methyl sites for hydroxylation is 1. The quantitative estimate of drug-likeness (QED) is 0.556. The van der Waals surface area contributed by atoms with Crippen LogP contribution in [0.2, 0.25) is 0 Å². The molecule has 1 atom stereocenters. The average molecular weight is 275 g/mol. The van der Waals surface area contributed by atoms with Gasteiger partial charge in [0.25, 0.3) is 0 Å². The van der Waals surface area contributed by atoms with Crippen molar-refractivity contribution in [1.29, 1.82) is 0 Å². The smallest absolute Gasteiger partial charge is 0.185 e. The Hall–Kier alpha value is -1.15. The molecule has 1 aliphatic rings. The van der Waals surface area contributed by atoms with Gasteiger partial charge in [0.2, 0.25) is 4.45 Å². The lowest BCUT2D eigenvalue weighted by Gasteiger charge is -2.17. The summed E-state index contributed by atoms with van der Waals surface area (Å²) in [6.07, 6.45) is 6.50. The van der Waals surface area contributed by atoms with E-state index in [1.54, 1.807) is 0 Å². The number of nitrogens with zero attached hydrogens (tertiary/aromatic N) is 1. The summed E-state index contributed by atoms with van der Waals surface area (Å²) < 4.78 is 2.20. The number of benzene rings is 1. The van der Waals surface area contributed by atoms with Crippen molar-refractivity contribution < 1.29 is 4.57 Å². The summed E-state index contributed by atoms with van der Waals surface area (Å²) in [5, 5.41) is 0. The minimum Gasteiger partial charge on any atom is -0.185 e. The SMILES string of the molecule is BrC1([n+]2ccccc2)CCc2ccccc21. The fraction of sp³-hybridized carbons (Fsp3) is 0.214. The lowest BCUT2D eigenvalue weighted by Crippen LogP contribution is -2.50. The maximum absolute atomic E-state index is 3.92. The molecule has 0 saturated carbocycles. The second kappa shape index (κ2) is 3.70. The third-order valence-electron chi connectivity index (χ3n) is 3.28. The summed E-state index contributed by atoms with van der Waals surface area (Å²) in [7, 11) is 0. The molecule has 0 bridgehead atoms. The molecule has 16 heavy (non-hydrogen) atoms. The van der Waals surface area contributed by atoms with Gasteiger partial charge < -0.3 is 0 Å². The predicted molar refractivity (Wildman–Crippen MR) is 67.4 cm³/mol. The number of pyridine rings is 1. The lowest BCUT2D eigenvalue weighted by molar-refractivity contribution is -0.725. The van der Waals surface area contributed by atoms with Gasteiger partial charge in [-0.25, -0.2) is 0 Å². The largest absolute Gasteiger partial charge is 0.247 e. The maximum atomic E-state index is 3.92. The average Bonchev–Trinajstić information content (AvgIpc) is 2.71. The van der Waals surface area contributed by atoms with Crippen molar-refractivity contribution in [3.63, 3.8) is 0 Å². The van der Waals surface area contributed by atoms with Crippen molar-refractivity contribution in [2.75, 3.05) is 0 Å². The van der Waals surface area contributed by atoms with Crippen LogP contribution in [0, 0.1) is 0 Å². The minimum absolute atomic E-state index is 0.0507.